The molecule has 2 aromatic rings. The number of benzene rings is 1. The Morgan fingerprint density at radius 2 is 2.19 bits per heavy atom. The molecule has 1 N–H and O–H groups in total. The number of rotatable bonds is 7. The van der Waals surface area contributed by atoms with Crippen LogP contribution in [0.4, 0.5) is 0 Å². The summed E-state index contributed by atoms with van der Waals surface area (Å²) in [6.45, 7) is 5.28. The van der Waals surface area contributed by atoms with E-state index in [9.17, 15) is 0 Å². The molecule has 2 rings (SSSR count). The molecule has 1 aromatic heterocycles. The molecule has 21 heavy (non-hydrogen) atoms. The van der Waals surface area contributed by atoms with Crippen LogP contribution in [0.3, 0.4) is 0 Å². The first-order valence-electron chi connectivity index (χ1n) is 7.49. The SMILES string of the molecule is CCCNC(Cc1cnn(C)c1)c1ccc(OC)c(C)c1. The summed E-state index contributed by atoms with van der Waals surface area (Å²) >= 11 is 0. The van der Waals surface area contributed by atoms with Crippen molar-refractivity contribution >= 4 is 0 Å². The molecule has 0 saturated carbocycles. The molecule has 114 valence electrons. The lowest BCUT2D eigenvalue weighted by atomic mass is 9.98. The highest BCUT2D eigenvalue weighted by Gasteiger charge is 2.14. The Kier molecular flexibility index (Phi) is 5.39. The van der Waals surface area contributed by atoms with Gasteiger partial charge in [-0.2, -0.15) is 5.10 Å². The van der Waals surface area contributed by atoms with Crippen molar-refractivity contribution in [2.24, 2.45) is 7.05 Å². The van der Waals surface area contributed by atoms with Gasteiger partial charge in [0.1, 0.15) is 5.75 Å². The molecule has 4 nitrogen and oxygen atoms in total. The second kappa shape index (κ2) is 7.27. The number of methoxy groups -OCH3 is 1. The number of hydrogen-bond acceptors (Lipinski definition) is 3. The summed E-state index contributed by atoms with van der Waals surface area (Å²) in [4.78, 5) is 0. The Hall–Kier alpha value is -1.81. The second-order valence-corrected chi connectivity index (χ2v) is 5.46. The third-order valence-corrected chi connectivity index (χ3v) is 3.66. The van der Waals surface area contributed by atoms with Crippen LogP contribution in [0.5, 0.6) is 5.75 Å². The second-order valence-electron chi connectivity index (χ2n) is 5.46. The monoisotopic (exact) mass is 287 g/mol. The number of nitrogens with one attached hydrogen (secondary N) is 1. The van der Waals surface area contributed by atoms with E-state index in [-0.39, 0.29) is 0 Å². The quantitative estimate of drug-likeness (QED) is 0.851. The standard InChI is InChI=1S/C17H25N3O/c1-5-8-18-16(10-14-11-19-20(3)12-14)15-6-7-17(21-4)13(2)9-15/h6-7,9,11-12,16,18H,5,8,10H2,1-4H3. The molecule has 0 aliphatic heterocycles. The van der Waals surface area contributed by atoms with Crippen molar-refractivity contribution in [3.05, 3.63) is 47.3 Å². The Bertz CT molecular complexity index is 577. The predicted octanol–water partition coefficient (Wildman–Crippen LogP) is 3.02. The van der Waals surface area contributed by atoms with E-state index in [1.165, 1.54) is 16.7 Å². The summed E-state index contributed by atoms with van der Waals surface area (Å²) in [5, 5.41) is 7.89. The zero-order chi connectivity index (χ0) is 15.2. The molecule has 0 aliphatic rings. The minimum absolute atomic E-state index is 0.304. The molecule has 1 aromatic carbocycles. The van der Waals surface area contributed by atoms with Gasteiger partial charge in [0.25, 0.3) is 0 Å². The molecule has 0 fully saturated rings. The van der Waals surface area contributed by atoms with Gasteiger partial charge in [-0.1, -0.05) is 19.1 Å². The van der Waals surface area contributed by atoms with Gasteiger partial charge in [-0.3, -0.25) is 4.68 Å². The molecule has 1 atom stereocenters. The topological polar surface area (TPSA) is 39.1 Å². The zero-order valence-corrected chi connectivity index (χ0v) is 13.4. The van der Waals surface area contributed by atoms with Crippen molar-refractivity contribution in [1.82, 2.24) is 15.1 Å². The van der Waals surface area contributed by atoms with Gasteiger partial charge in [0.05, 0.1) is 13.3 Å². The average Bonchev–Trinajstić information content (AvgIpc) is 2.88. The summed E-state index contributed by atoms with van der Waals surface area (Å²) < 4.78 is 7.20. The summed E-state index contributed by atoms with van der Waals surface area (Å²) in [5.41, 5.74) is 3.72. The molecule has 0 bridgehead atoms. The smallest absolute Gasteiger partial charge is 0.121 e. The van der Waals surface area contributed by atoms with Crippen LogP contribution >= 0.6 is 0 Å². The molecule has 0 radical (unpaired) electrons. The number of hydrogen-bond donors (Lipinski definition) is 1. The Balaban J connectivity index is 2.20. The lowest BCUT2D eigenvalue weighted by molar-refractivity contribution is 0.411. The first-order valence-corrected chi connectivity index (χ1v) is 7.49. The summed E-state index contributed by atoms with van der Waals surface area (Å²) in [6.07, 6.45) is 6.09. The molecule has 1 unspecified atom stereocenters. The number of nitrogens with zero attached hydrogens (tertiary/aromatic N) is 2. The Morgan fingerprint density at radius 1 is 1.38 bits per heavy atom. The molecule has 1 heterocycles. The highest BCUT2D eigenvalue weighted by Crippen LogP contribution is 2.24. The lowest BCUT2D eigenvalue weighted by Crippen LogP contribution is -2.24. The third-order valence-electron chi connectivity index (χ3n) is 3.66. The lowest BCUT2D eigenvalue weighted by Gasteiger charge is -2.19. The van der Waals surface area contributed by atoms with Gasteiger partial charge < -0.3 is 10.1 Å². The minimum atomic E-state index is 0.304. The number of ether oxygens (including phenoxy) is 1. The van der Waals surface area contributed by atoms with E-state index >= 15 is 0 Å². The fourth-order valence-electron chi connectivity index (χ4n) is 2.56. The van der Waals surface area contributed by atoms with Crippen molar-refractivity contribution in [3.63, 3.8) is 0 Å². The fourth-order valence-corrected chi connectivity index (χ4v) is 2.56. The van der Waals surface area contributed by atoms with E-state index < -0.39 is 0 Å². The molecule has 0 spiro atoms. The van der Waals surface area contributed by atoms with Gasteiger partial charge in [-0.15, -0.1) is 0 Å². The van der Waals surface area contributed by atoms with Crippen LogP contribution in [-0.4, -0.2) is 23.4 Å². The molecule has 0 saturated heterocycles. The molecule has 4 heteroatoms. The Morgan fingerprint density at radius 3 is 2.76 bits per heavy atom. The highest BCUT2D eigenvalue weighted by molar-refractivity contribution is 5.37. The van der Waals surface area contributed by atoms with Crippen LogP contribution in [0.2, 0.25) is 0 Å². The third kappa shape index (κ3) is 4.08. The van der Waals surface area contributed by atoms with E-state index in [2.05, 4.69) is 48.7 Å². The van der Waals surface area contributed by atoms with Crippen LogP contribution in [0.15, 0.2) is 30.6 Å². The van der Waals surface area contributed by atoms with Crippen LogP contribution in [0.1, 0.15) is 36.1 Å². The van der Waals surface area contributed by atoms with Gasteiger partial charge >= 0.3 is 0 Å². The van der Waals surface area contributed by atoms with Gasteiger partial charge in [-0.05, 0) is 49.1 Å². The first kappa shape index (κ1) is 15.6. The molecule has 0 amide bonds. The number of aryl methyl sites for hydroxylation is 2. The largest absolute Gasteiger partial charge is 0.496 e. The maximum absolute atomic E-state index is 5.35. The highest BCUT2D eigenvalue weighted by atomic mass is 16.5. The van der Waals surface area contributed by atoms with Crippen molar-refractivity contribution in [3.8, 4) is 5.75 Å². The van der Waals surface area contributed by atoms with E-state index in [1.54, 1.807) is 7.11 Å². The van der Waals surface area contributed by atoms with Gasteiger partial charge in [0.15, 0.2) is 0 Å². The van der Waals surface area contributed by atoms with Crippen LogP contribution in [0, 0.1) is 6.92 Å². The molecular formula is C17H25N3O. The van der Waals surface area contributed by atoms with E-state index in [1.807, 2.05) is 17.9 Å². The Labute approximate surface area is 127 Å². The van der Waals surface area contributed by atoms with E-state index in [0.29, 0.717) is 6.04 Å². The van der Waals surface area contributed by atoms with Crippen molar-refractivity contribution in [1.29, 1.82) is 0 Å². The first-order chi connectivity index (χ1) is 10.1. The summed E-state index contributed by atoms with van der Waals surface area (Å²) in [7, 11) is 3.67. The van der Waals surface area contributed by atoms with Crippen LogP contribution < -0.4 is 10.1 Å². The zero-order valence-electron chi connectivity index (χ0n) is 13.4. The maximum Gasteiger partial charge on any atom is 0.121 e. The van der Waals surface area contributed by atoms with Crippen LogP contribution in [-0.2, 0) is 13.5 Å². The molecular weight excluding hydrogens is 262 g/mol. The van der Waals surface area contributed by atoms with E-state index in [4.69, 9.17) is 4.74 Å². The van der Waals surface area contributed by atoms with Gasteiger partial charge in [-0.25, -0.2) is 0 Å². The fraction of sp³-hybridized carbons (Fsp3) is 0.471. The van der Waals surface area contributed by atoms with Crippen molar-refractivity contribution in [2.45, 2.75) is 32.7 Å². The predicted molar refractivity (Wildman–Crippen MR) is 85.7 cm³/mol. The summed E-state index contributed by atoms with van der Waals surface area (Å²) in [5.74, 6) is 0.939. The minimum Gasteiger partial charge on any atom is -0.496 e. The van der Waals surface area contributed by atoms with Gasteiger partial charge in [0.2, 0.25) is 0 Å². The van der Waals surface area contributed by atoms with Gasteiger partial charge in [0, 0.05) is 19.3 Å². The van der Waals surface area contributed by atoms with Crippen molar-refractivity contribution in [2.75, 3.05) is 13.7 Å². The molecule has 0 aliphatic carbocycles. The average molecular weight is 287 g/mol. The van der Waals surface area contributed by atoms with Crippen LogP contribution in [0.25, 0.3) is 0 Å². The normalized spacial score (nSPS) is 12.4. The maximum atomic E-state index is 5.35. The summed E-state index contributed by atoms with van der Waals surface area (Å²) in [6, 6.07) is 6.71. The van der Waals surface area contributed by atoms with E-state index in [0.717, 1.165) is 25.1 Å². The van der Waals surface area contributed by atoms with Crippen molar-refractivity contribution < 1.29 is 4.74 Å². The number of aromatic nitrogens is 2.